The molecule has 0 aromatic carbocycles. The molecule has 0 saturated carbocycles. The number of anilines is 1. The number of rotatable bonds is 7. The van der Waals surface area contributed by atoms with Gasteiger partial charge in [0, 0.05) is 44.7 Å². The Balaban J connectivity index is 0.000000451. The molecule has 2 aromatic rings. The Labute approximate surface area is 184 Å². The molecule has 0 aliphatic carbocycles. The van der Waals surface area contributed by atoms with Crippen molar-refractivity contribution in [2.24, 2.45) is 13.0 Å². The van der Waals surface area contributed by atoms with Gasteiger partial charge in [-0.1, -0.05) is 0 Å². The standard InChI is InChI=1S/C18H28N6O.C2HF3O2/c1-14-16(12-23(2)22-14)17-6-8-20-18(21-17)19-7-4-10-24-9-3-5-15(11-24)13-25;3-2(4,5)1(6)7/h6,8,12,15,25H,3-5,7,9-11,13H2,1-2H3,(H,19,20,21);(H,6,7). The zero-order chi connectivity index (χ0) is 23.7. The molecule has 32 heavy (non-hydrogen) atoms. The van der Waals surface area contributed by atoms with E-state index < -0.39 is 12.1 Å². The molecule has 12 heteroatoms. The van der Waals surface area contributed by atoms with Crippen LogP contribution in [-0.4, -0.2) is 79.8 Å². The van der Waals surface area contributed by atoms with Crippen LogP contribution in [0.3, 0.4) is 0 Å². The average Bonchev–Trinajstić information content (AvgIpc) is 3.09. The van der Waals surface area contributed by atoms with E-state index in [2.05, 4.69) is 25.3 Å². The van der Waals surface area contributed by atoms with Crippen molar-refractivity contribution in [1.82, 2.24) is 24.6 Å². The van der Waals surface area contributed by atoms with Gasteiger partial charge in [-0.05, 0) is 51.3 Å². The first kappa shape index (κ1) is 25.5. The van der Waals surface area contributed by atoms with Gasteiger partial charge in [0.15, 0.2) is 0 Å². The Morgan fingerprint density at radius 3 is 2.69 bits per heavy atom. The number of likely N-dealkylation sites (tertiary alicyclic amines) is 1. The quantitative estimate of drug-likeness (QED) is 0.542. The number of aryl methyl sites for hydroxylation is 2. The minimum absolute atomic E-state index is 0.309. The van der Waals surface area contributed by atoms with Gasteiger partial charge in [-0.15, -0.1) is 0 Å². The van der Waals surface area contributed by atoms with Gasteiger partial charge >= 0.3 is 12.1 Å². The van der Waals surface area contributed by atoms with Crippen LogP contribution >= 0.6 is 0 Å². The molecule has 0 amide bonds. The predicted octanol–water partition coefficient (Wildman–Crippen LogP) is 2.33. The van der Waals surface area contributed by atoms with Crippen LogP contribution in [0.15, 0.2) is 18.5 Å². The lowest BCUT2D eigenvalue weighted by molar-refractivity contribution is -0.192. The highest BCUT2D eigenvalue weighted by molar-refractivity contribution is 5.73. The molecular weight excluding hydrogens is 429 g/mol. The number of aromatic nitrogens is 4. The highest BCUT2D eigenvalue weighted by atomic mass is 19.4. The van der Waals surface area contributed by atoms with E-state index in [0.717, 1.165) is 56.0 Å². The number of aliphatic carboxylic acids is 1. The SMILES string of the molecule is Cc1nn(C)cc1-c1ccnc(NCCCN2CCCC(CO)C2)n1.O=C(O)C(F)(F)F. The summed E-state index contributed by atoms with van der Waals surface area (Å²) in [5, 5.41) is 24.1. The largest absolute Gasteiger partial charge is 0.490 e. The maximum atomic E-state index is 10.6. The molecule has 1 unspecified atom stereocenters. The molecule has 3 N–H and O–H groups in total. The minimum atomic E-state index is -5.08. The summed E-state index contributed by atoms with van der Waals surface area (Å²) in [6.07, 6.45) is 2.06. The number of carboxylic acids is 1. The summed E-state index contributed by atoms with van der Waals surface area (Å²) in [6.45, 7) is 6.35. The summed E-state index contributed by atoms with van der Waals surface area (Å²) in [4.78, 5) is 20.3. The first-order valence-electron chi connectivity index (χ1n) is 10.3. The second-order valence-electron chi connectivity index (χ2n) is 7.64. The Morgan fingerprint density at radius 2 is 2.09 bits per heavy atom. The summed E-state index contributed by atoms with van der Waals surface area (Å²) < 4.78 is 33.5. The molecule has 1 aliphatic rings. The van der Waals surface area contributed by atoms with E-state index >= 15 is 0 Å². The first-order valence-corrected chi connectivity index (χ1v) is 10.3. The van der Waals surface area contributed by atoms with Crippen LogP contribution in [0.1, 0.15) is 25.0 Å². The molecule has 1 aliphatic heterocycles. The Hall–Kier alpha value is -2.73. The fraction of sp³-hybridized carbons (Fsp3) is 0.600. The third-order valence-corrected chi connectivity index (χ3v) is 4.98. The number of piperidine rings is 1. The summed E-state index contributed by atoms with van der Waals surface area (Å²) >= 11 is 0. The maximum absolute atomic E-state index is 10.6. The molecule has 0 radical (unpaired) electrons. The summed E-state index contributed by atoms with van der Waals surface area (Å²) in [5.41, 5.74) is 2.90. The van der Waals surface area contributed by atoms with Crippen LogP contribution in [0.25, 0.3) is 11.3 Å². The number of carboxylic acid groups (broad SMARTS) is 1. The van der Waals surface area contributed by atoms with Crippen molar-refractivity contribution in [2.45, 2.75) is 32.4 Å². The fourth-order valence-corrected chi connectivity index (χ4v) is 3.45. The second kappa shape index (κ2) is 11.8. The highest BCUT2D eigenvalue weighted by Gasteiger charge is 2.38. The molecule has 178 valence electrons. The molecule has 2 aromatic heterocycles. The fourth-order valence-electron chi connectivity index (χ4n) is 3.45. The van der Waals surface area contributed by atoms with Gasteiger partial charge < -0.3 is 20.4 Å². The van der Waals surface area contributed by atoms with E-state index in [1.54, 1.807) is 10.9 Å². The summed E-state index contributed by atoms with van der Waals surface area (Å²) in [6, 6.07) is 1.91. The van der Waals surface area contributed by atoms with E-state index in [1.807, 2.05) is 26.2 Å². The number of nitrogens with one attached hydrogen (secondary N) is 1. The lowest BCUT2D eigenvalue weighted by atomic mass is 9.99. The monoisotopic (exact) mass is 458 g/mol. The topological polar surface area (TPSA) is 116 Å². The molecule has 1 saturated heterocycles. The molecule has 3 rings (SSSR count). The zero-order valence-corrected chi connectivity index (χ0v) is 18.1. The van der Waals surface area contributed by atoms with E-state index in [4.69, 9.17) is 9.90 Å². The number of hydrogen-bond donors (Lipinski definition) is 3. The van der Waals surface area contributed by atoms with Gasteiger partial charge in [0.2, 0.25) is 5.95 Å². The van der Waals surface area contributed by atoms with Crippen LogP contribution in [0, 0.1) is 12.8 Å². The normalized spacial score (nSPS) is 16.9. The number of nitrogens with zero attached hydrogens (tertiary/aromatic N) is 5. The number of halogens is 3. The Kier molecular flexibility index (Phi) is 9.39. The summed E-state index contributed by atoms with van der Waals surface area (Å²) in [5.74, 6) is -1.65. The smallest absolute Gasteiger partial charge is 0.475 e. The van der Waals surface area contributed by atoms with Crippen LogP contribution in [0.2, 0.25) is 0 Å². The Bertz CT molecular complexity index is 875. The van der Waals surface area contributed by atoms with Crippen molar-refractivity contribution in [3.63, 3.8) is 0 Å². The molecule has 9 nitrogen and oxygen atoms in total. The van der Waals surface area contributed by atoms with Crippen LogP contribution in [-0.2, 0) is 11.8 Å². The zero-order valence-electron chi connectivity index (χ0n) is 18.1. The van der Waals surface area contributed by atoms with Crippen molar-refractivity contribution in [3.8, 4) is 11.3 Å². The van der Waals surface area contributed by atoms with E-state index in [1.165, 1.54) is 6.42 Å². The molecule has 3 heterocycles. The second-order valence-corrected chi connectivity index (χ2v) is 7.64. The van der Waals surface area contributed by atoms with Gasteiger partial charge in [-0.25, -0.2) is 14.8 Å². The van der Waals surface area contributed by atoms with Gasteiger partial charge in [0.05, 0.1) is 11.4 Å². The van der Waals surface area contributed by atoms with Crippen molar-refractivity contribution in [2.75, 3.05) is 38.1 Å². The number of aliphatic hydroxyl groups is 1. The van der Waals surface area contributed by atoms with E-state index in [9.17, 15) is 18.3 Å². The van der Waals surface area contributed by atoms with Crippen LogP contribution in [0.4, 0.5) is 19.1 Å². The molecular formula is C20H29F3N6O3. The van der Waals surface area contributed by atoms with E-state index in [0.29, 0.717) is 18.5 Å². The average molecular weight is 458 g/mol. The lowest BCUT2D eigenvalue weighted by Gasteiger charge is -2.31. The number of aliphatic hydroxyl groups excluding tert-OH is 1. The number of carbonyl (C=O) groups is 1. The van der Waals surface area contributed by atoms with Crippen molar-refractivity contribution in [1.29, 1.82) is 0 Å². The highest BCUT2D eigenvalue weighted by Crippen LogP contribution is 2.20. The lowest BCUT2D eigenvalue weighted by Crippen LogP contribution is -2.37. The number of hydrogen-bond acceptors (Lipinski definition) is 7. The minimum Gasteiger partial charge on any atom is -0.475 e. The van der Waals surface area contributed by atoms with Gasteiger partial charge in [0.25, 0.3) is 0 Å². The third kappa shape index (κ3) is 8.08. The van der Waals surface area contributed by atoms with Crippen molar-refractivity contribution in [3.05, 3.63) is 24.2 Å². The molecule has 1 fully saturated rings. The molecule has 0 spiro atoms. The first-order chi connectivity index (χ1) is 15.1. The predicted molar refractivity (Wildman–Crippen MR) is 112 cm³/mol. The van der Waals surface area contributed by atoms with Crippen molar-refractivity contribution >= 4 is 11.9 Å². The number of alkyl halides is 3. The van der Waals surface area contributed by atoms with Gasteiger partial charge in [-0.3, -0.25) is 4.68 Å². The third-order valence-electron chi connectivity index (χ3n) is 4.98. The maximum Gasteiger partial charge on any atom is 0.490 e. The van der Waals surface area contributed by atoms with Crippen molar-refractivity contribution < 1.29 is 28.2 Å². The van der Waals surface area contributed by atoms with E-state index in [-0.39, 0.29) is 0 Å². The van der Waals surface area contributed by atoms with Crippen LogP contribution < -0.4 is 5.32 Å². The molecule has 1 atom stereocenters. The van der Waals surface area contributed by atoms with Gasteiger partial charge in [-0.2, -0.15) is 18.3 Å². The van der Waals surface area contributed by atoms with Gasteiger partial charge in [0.1, 0.15) is 0 Å². The molecule has 0 bridgehead atoms. The summed E-state index contributed by atoms with van der Waals surface area (Å²) in [7, 11) is 1.92. The Morgan fingerprint density at radius 1 is 1.38 bits per heavy atom. The van der Waals surface area contributed by atoms with Crippen LogP contribution in [0.5, 0.6) is 0 Å².